The number of benzene rings is 2. The van der Waals surface area contributed by atoms with Crippen LogP contribution in [0.5, 0.6) is 17.4 Å². The first kappa shape index (κ1) is 35.2. The van der Waals surface area contributed by atoms with E-state index < -0.39 is 13.6 Å². The SMILES string of the molecule is CCOP(=O)(C=Cc1cn(-c2ccccc2)nc1OCc1ccc(OCc2nc(N3CCC(C(=O)O)CC3)sc2C)c(OC)c1)OCC. The Morgan fingerprint density at radius 2 is 1.77 bits per heavy atom. The van der Waals surface area contributed by atoms with Crippen molar-refractivity contribution in [2.75, 3.05) is 38.3 Å². The van der Waals surface area contributed by atoms with Crippen molar-refractivity contribution in [3.8, 4) is 23.1 Å². The summed E-state index contributed by atoms with van der Waals surface area (Å²) in [6.07, 6.45) is 4.67. The first-order valence-corrected chi connectivity index (χ1v) is 18.2. The molecule has 0 unspecified atom stereocenters. The van der Waals surface area contributed by atoms with E-state index in [-0.39, 0.29) is 32.3 Å². The van der Waals surface area contributed by atoms with Crippen LogP contribution in [0, 0.1) is 12.8 Å². The smallest absolute Gasteiger partial charge is 0.354 e. The lowest BCUT2D eigenvalue weighted by Gasteiger charge is -2.29. The molecule has 5 rings (SSSR count). The lowest BCUT2D eigenvalue weighted by Crippen LogP contribution is -2.36. The van der Waals surface area contributed by atoms with Gasteiger partial charge in [-0.25, -0.2) is 9.67 Å². The van der Waals surface area contributed by atoms with E-state index in [9.17, 15) is 14.5 Å². The zero-order chi connectivity index (χ0) is 34.1. The van der Waals surface area contributed by atoms with Gasteiger partial charge < -0.3 is 33.3 Å². The standard InChI is InChI=1S/C34H41N4O8PS/c1-5-45-47(41,46-6-2)19-16-27-21-38(28-10-8-7-9-11-28)36-32(27)44-22-25-12-13-30(31(20-25)42-4)43-23-29-24(3)48-34(35-29)37-17-14-26(15-18-37)33(39)40/h7-13,16,19-21,26H,5-6,14-15,17-18,22-23H2,1-4H3,(H,39,40). The van der Waals surface area contributed by atoms with E-state index in [1.54, 1.807) is 49.2 Å². The molecule has 256 valence electrons. The van der Waals surface area contributed by atoms with Crippen molar-refractivity contribution in [1.82, 2.24) is 14.8 Å². The molecule has 0 saturated carbocycles. The molecule has 1 fully saturated rings. The maximum absolute atomic E-state index is 13.1. The number of para-hydroxylation sites is 1. The predicted molar refractivity (Wildman–Crippen MR) is 185 cm³/mol. The van der Waals surface area contributed by atoms with E-state index in [1.165, 1.54) is 5.82 Å². The van der Waals surface area contributed by atoms with Crippen LogP contribution in [-0.4, -0.2) is 59.3 Å². The number of aliphatic carboxylic acids is 1. The second-order valence-corrected chi connectivity index (χ2v) is 14.1. The quantitative estimate of drug-likeness (QED) is 0.118. The average molecular weight is 697 g/mol. The van der Waals surface area contributed by atoms with Crippen molar-refractivity contribution >= 4 is 36.1 Å². The van der Waals surface area contributed by atoms with Gasteiger partial charge in [-0.2, -0.15) is 0 Å². The summed E-state index contributed by atoms with van der Waals surface area (Å²) in [7, 11) is -1.85. The molecule has 0 aliphatic carbocycles. The van der Waals surface area contributed by atoms with Gasteiger partial charge in [0.1, 0.15) is 13.2 Å². The summed E-state index contributed by atoms with van der Waals surface area (Å²) in [5, 5.41) is 14.8. The van der Waals surface area contributed by atoms with Gasteiger partial charge in [-0.1, -0.05) is 24.3 Å². The molecule has 0 radical (unpaired) electrons. The molecule has 3 heterocycles. The van der Waals surface area contributed by atoms with Gasteiger partial charge in [-0.3, -0.25) is 9.36 Å². The van der Waals surface area contributed by atoms with Crippen LogP contribution in [0.15, 0.2) is 60.5 Å². The van der Waals surface area contributed by atoms with Crippen molar-refractivity contribution < 1.29 is 37.7 Å². The zero-order valence-corrected chi connectivity index (χ0v) is 29.2. The highest BCUT2D eigenvalue weighted by molar-refractivity contribution is 7.57. The lowest BCUT2D eigenvalue weighted by atomic mass is 9.98. The number of piperidine rings is 1. The summed E-state index contributed by atoms with van der Waals surface area (Å²) < 4.78 is 43.6. The Labute approximate surface area is 284 Å². The molecule has 0 amide bonds. The maximum atomic E-state index is 13.1. The summed E-state index contributed by atoms with van der Waals surface area (Å²) in [5.74, 6) is 1.87. The topological polar surface area (TPSA) is 134 Å². The van der Waals surface area contributed by atoms with E-state index in [2.05, 4.69) is 10.00 Å². The van der Waals surface area contributed by atoms with Crippen LogP contribution in [0.4, 0.5) is 5.13 Å². The number of carbonyl (C=O) groups is 1. The van der Waals surface area contributed by atoms with Gasteiger partial charge in [0.15, 0.2) is 16.6 Å². The predicted octanol–water partition coefficient (Wildman–Crippen LogP) is 7.34. The molecule has 1 N–H and O–H groups in total. The van der Waals surface area contributed by atoms with Gasteiger partial charge in [0.25, 0.3) is 0 Å². The number of aromatic nitrogens is 3. The van der Waals surface area contributed by atoms with E-state index in [4.69, 9.17) is 28.2 Å². The van der Waals surface area contributed by atoms with Gasteiger partial charge in [-0.15, -0.1) is 16.4 Å². The number of nitrogens with zero attached hydrogens (tertiary/aromatic N) is 4. The fourth-order valence-corrected chi connectivity index (χ4v) is 7.46. The van der Waals surface area contributed by atoms with Crippen LogP contribution in [0.3, 0.4) is 0 Å². The summed E-state index contributed by atoms with van der Waals surface area (Å²) in [6, 6.07) is 15.2. The molecule has 0 bridgehead atoms. The maximum Gasteiger partial charge on any atom is 0.354 e. The molecule has 1 aliphatic rings. The summed E-state index contributed by atoms with van der Waals surface area (Å²) in [4.78, 5) is 19.3. The number of anilines is 1. The molecule has 0 atom stereocenters. The summed E-state index contributed by atoms with van der Waals surface area (Å²) in [5.41, 5.74) is 3.11. The third-order valence-electron chi connectivity index (χ3n) is 7.75. The lowest BCUT2D eigenvalue weighted by molar-refractivity contribution is -0.142. The third kappa shape index (κ3) is 8.84. The van der Waals surface area contributed by atoms with Crippen molar-refractivity contribution in [3.05, 3.63) is 82.2 Å². The van der Waals surface area contributed by atoms with Gasteiger partial charge in [-0.05, 0) is 69.5 Å². The molecular weight excluding hydrogens is 655 g/mol. The minimum Gasteiger partial charge on any atom is -0.493 e. The van der Waals surface area contributed by atoms with Gasteiger partial charge in [0.2, 0.25) is 5.88 Å². The Hall–Kier alpha value is -4.16. The van der Waals surface area contributed by atoms with Crippen LogP contribution in [0.1, 0.15) is 48.4 Å². The number of methoxy groups -OCH3 is 1. The highest BCUT2D eigenvalue weighted by Gasteiger charge is 2.26. The van der Waals surface area contributed by atoms with E-state index in [0.29, 0.717) is 48.9 Å². The second-order valence-electron chi connectivity index (χ2n) is 11.0. The zero-order valence-electron chi connectivity index (χ0n) is 27.5. The highest BCUT2D eigenvalue weighted by atomic mass is 32.1. The number of hydrogen-bond donors (Lipinski definition) is 1. The number of carboxylic acid groups (broad SMARTS) is 1. The van der Waals surface area contributed by atoms with E-state index in [1.807, 2.05) is 55.5 Å². The van der Waals surface area contributed by atoms with Gasteiger partial charge in [0, 0.05) is 30.0 Å². The highest BCUT2D eigenvalue weighted by Crippen LogP contribution is 2.50. The number of rotatable bonds is 16. The van der Waals surface area contributed by atoms with Crippen molar-refractivity contribution in [3.63, 3.8) is 0 Å². The number of carboxylic acids is 1. The molecule has 14 heteroatoms. The fraction of sp³-hybridized carbons (Fsp3) is 0.382. The van der Waals surface area contributed by atoms with Crippen LogP contribution >= 0.6 is 18.9 Å². The van der Waals surface area contributed by atoms with Crippen molar-refractivity contribution in [2.45, 2.75) is 46.8 Å². The Kier molecular flexibility index (Phi) is 11.9. The van der Waals surface area contributed by atoms with Crippen molar-refractivity contribution in [1.29, 1.82) is 0 Å². The Morgan fingerprint density at radius 1 is 1.04 bits per heavy atom. The average Bonchev–Trinajstić information content (AvgIpc) is 3.69. The largest absolute Gasteiger partial charge is 0.493 e. The molecule has 2 aromatic carbocycles. The number of ether oxygens (including phenoxy) is 3. The number of aryl methyl sites for hydroxylation is 1. The molecule has 12 nitrogen and oxygen atoms in total. The fourth-order valence-electron chi connectivity index (χ4n) is 5.18. The van der Waals surface area contributed by atoms with Crippen LogP contribution in [0.2, 0.25) is 0 Å². The molecule has 1 saturated heterocycles. The number of hydrogen-bond acceptors (Lipinski definition) is 11. The Balaban J connectivity index is 1.27. The van der Waals surface area contributed by atoms with E-state index in [0.717, 1.165) is 27.0 Å². The normalized spacial score (nSPS) is 14.0. The monoisotopic (exact) mass is 696 g/mol. The second kappa shape index (κ2) is 16.3. The van der Waals surface area contributed by atoms with Crippen LogP contribution in [-0.2, 0) is 31.6 Å². The molecule has 48 heavy (non-hydrogen) atoms. The van der Waals surface area contributed by atoms with Gasteiger partial charge >= 0.3 is 13.6 Å². The third-order valence-corrected chi connectivity index (χ3v) is 10.6. The molecule has 4 aromatic rings. The first-order chi connectivity index (χ1) is 23.2. The van der Waals surface area contributed by atoms with Crippen LogP contribution in [0.25, 0.3) is 11.8 Å². The summed E-state index contributed by atoms with van der Waals surface area (Å²) in [6.45, 7) is 7.82. The number of thiazole rings is 1. The Morgan fingerprint density at radius 3 is 2.44 bits per heavy atom. The first-order valence-electron chi connectivity index (χ1n) is 15.8. The molecule has 1 aliphatic heterocycles. The minimum atomic E-state index is -3.43. The molecule has 2 aromatic heterocycles. The molecule has 0 spiro atoms. The summed E-state index contributed by atoms with van der Waals surface area (Å²) >= 11 is 1.59. The van der Waals surface area contributed by atoms with E-state index >= 15 is 0 Å². The minimum absolute atomic E-state index is 0.186. The van der Waals surface area contributed by atoms with Gasteiger partial charge in [0.05, 0.1) is 43.2 Å². The van der Waals surface area contributed by atoms with Crippen LogP contribution < -0.4 is 19.1 Å². The molecular formula is C34H41N4O8PS. The van der Waals surface area contributed by atoms with Crippen molar-refractivity contribution in [2.24, 2.45) is 5.92 Å². The Bertz CT molecular complexity index is 1740.